The number of nitro groups is 1. The van der Waals surface area contributed by atoms with E-state index < -0.39 is 56.9 Å². The minimum Gasteiger partial charge on any atom is -0.397 e. The van der Waals surface area contributed by atoms with Gasteiger partial charge in [-0.25, -0.2) is 0 Å². The Hall–Kier alpha value is -7.08. The maximum atomic E-state index is 13.0. The number of rotatable bonds is 11. The molecule has 0 heterocycles. The maximum Gasteiger partial charge on any atom is 0.296 e. The quantitative estimate of drug-likeness (QED) is 0.0369. The molecule has 0 saturated heterocycles. The van der Waals surface area contributed by atoms with Crippen LogP contribution >= 0.6 is 0 Å². The number of nitrogens with one attached hydrogen (secondary N) is 2. The largest absolute Gasteiger partial charge is 0.397 e. The Balaban J connectivity index is 1.44. The van der Waals surface area contributed by atoms with Crippen LogP contribution in [0.4, 0.5) is 51.2 Å². The number of benzene rings is 5. The fourth-order valence-corrected chi connectivity index (χ4v) is 5.38. The number of nitro benzene ring substituents is 1. The minimum absolute atomic E-state index is 0.0211. The van der Waals surface area contributed by atoms with Crippen LogP contribution < -0.4 is 43.9 Å². The van der Waals surface area contributed by atoms with Gasteiger partial charge >= 0.3 is 0 Å². The number of hydrogen-bond acceptors (Lipinski definition) is 18. The van der Waals surface area contributed by atoms with E-state index in [-0.39, 0.29) is 50.9 Å². The van der Waals surface area contributed by atoms with Gasteiger partial charge in [0.05, 0.1) is 43.9 Å². The van der Waals surface area contributed by atoms with Crippen LogP contribution in [0.25, 0.3) is 0 Å². The second-order valence-corrected chi connectivity index (χ2v) is 13.3. The van der Waals surface area contributed by atoms with Crippen LogP contribution in [0.1, 0.15) is 0 Å². The molecule has 5 aromatic carbocycles. The second kappa shape index (κ2) is 15.0. The third-order valence-electron chi connectivity index (χ3n) is 6.82. The summed E-state index contributed by atoms with van der Waals surface area (Å²) in [6.45, 7) is 0. The Morgan fingerprint density at radius 1 is 0.679 bits per heavy atom. The first kappa shape index (κ1) is 37.2. The van der Waals surface area contributed by atoms with Gasteiger partial charge in [-0.1, -0.05) is 6.07 Å². The van der Waals surface area contributed by atoms with Crippen molar-refractivity contribution in [2.24, 2.45) is 30.7 Å². The van der Waals surface area contributed by atoms with Crippen molar-refractivity contribution in [3.8, 4) is 0 Å². The second-order valence-electron chi connectivity index (χ2n) is 10.5. The molecule has 0 spiro atoms. The Labute approximate surface area is 296 Å². The van der Waals surface area contributed by atoms with Gasteiger partial charge in [0, 0.05) is 12.1 Å². The average Bonchev–Trinajstić information content (AvgIpc) is 3.10. The molecule has 21 nitrogen and oxygen atoms in total. The van der Waals surface area contributed by atoms with Gasteiger partial charge in [-0.2, -0.15) is 37.3 Å². The molecule has 0 atom stereocenters. The lowest BCUT2D eigenvalue weighted by Crippen LogP contribution is -2.48. The summed E-state index contributed by atoms with van der Waals surface area (Å²) in [7, 11) is -9.37. The highest BCUT2D eigenvalue weighted by Crippen LogP contribution is 2.36. The Morgan fingerprint density at radius 3 is 1.92 bits per heavy atom. The number of azo groups is 2. The van der Waals surface area contributed by atoms with Crippen LogP contribution in [0.3, 0.4) is 0 Å². The van der Waals surface area contributed by atoms with E-state index in [2.05, 4.69) is 41.5 Å². The van der Waals surface area contributed by atoms with Crippen LogP contribution in [0.5, 0.6) is 0 Å². The Morgan fingerprint density at radius 2 is 1.32 bits per heavy atom. The van der Waals surface area contributed by atoms with Gasteiger partial charge in [0.1, 0.15) is 21.6 Å². The zero-order valence-electron chi connectivity index (χ0n) is 26.4. The van der Waals surface area contributed by atoms with E-state index in [1.54, 1.807) is 0 Å². The van der Waals surface area contributed by atoms with E-state index in [9.17, 15) is 45.6 Å². The van der Waals surface area contributed by atoms with Gasteiger partial charge in [-0.3, -0.25) is 39.7 Å². The Bertz CT molecular complexity index is 2790. The molecule has 0 aliphatic carbocycles. The number of nitrogen functional groups attached to an aromatic ring is 2. The molecule has 23 heteroatoms. The van der Waals surface area contributed by atoms with Crippen LogP contribution in [-0.2, 0) is 20.2 Å². The van der Waals surface area contributed by atoms with Crippen molar-refractivity contribution in [2.75, 3.05) is 22.3 Å². The molecule has 5 aromatic rings. The first-order valence-corrected chi connectivity index (χ1v) is 17.3. The van der Waals surface area contributed by atoms with Gasteiger partial charge in [0.2, 0.25) is 10.9 Å². The maximum absolute atomic E-state index is 13.0. The molecule has 5 rings (SSSR count). The van der Waals surface area contributed by atoms with E-state index >= 15 is 0 Å². The van der Waals surface area contributed by atoms with Crippen molar-refractivity contribution >= 4 is 71.4 Å². The molecule has 0 unspecified atom stereocenters. The van der Waals surface area contributed by atoms with E-state index in [1.807, 2.05) is 0 Å². The van der Waals surface area contributed by atoms with Crippen molar-refractivity contribution in [2.45, 2.75) is 9.79 Å². The summed E-state index contributed by atoms with van der Waals surface area (Å²) in [6, 6.07) is 17.9. The highest BCUT2D eigenvalue weighted by atomic mass is 32.2. The first-order valence-electron chi connectivity index (χ1n) is 14.4. The molecule has 0 aromatic heterocycles. The summed E-state index contributed by atoms with van der Waals surface area (Å²) in [6.07, 6.45) is 0. The van der Waals surface area contributed by atoms with Gasteiger partial charge < -0.3 is 11.5 Å². The number of anilines is 4. The van der Waals surface area contributed by atoms with E-state index in [1.165, 1.54) is 48.5 Å². The lowest BCUT2D eigenvalue weighted by Gasteiger charge is -2.07. The summed E-state index contributed by atoms with van der Waals surface area (Å²) in [5, 5.41) is 33.5. The van der Waals surface area contributed by atoms with Crippen molar-refractivity contribution in [3.05, 3.63) is 132 Å². The van der Waals surface area contributed by atoms with Gasteiger partial charge in [-0.05, 0) is 72.8 Å². The molecule has 0 saturated carbocycles. The van der Waals surface area contributed by atoms with Crippen LogP contribution in [0.15, 0.2) is 141 Å². The van der Waals surface area contributed by atoms with E-state index in [0.29, 0.717) is 0 Å². The lowest BCUT2D eigenvalue weighted by atomic mass is 10.2. The smallest absolute Gasteiger partial charge is 0.296 e. The predicted octanol–water partition coefficient (Wildman–Crippen LogP) is 3.54. The SMILES string of the molecule is Nc1cc(N)c(N=Nc2ccc(S(=O)(=O)O)c(N/N=c3\c(=O)cc/c(=N\Nc4ccc([N+](=O)[O-])cc4)c3=O)c2)cc1N=Nc1cccc(S(=O)(=O)O)c1. The third-order valence-corrected chi connectivity index (χ3v) is 8.59. The van der Waals surface area contributed by atoms with Crippen molar-refractivity contribution in [3.63, 3.8) is 0 Å². The number of hydrogen-bond donors (Lipinski definition) is 6. The number of nitrogens with two attached hydrogens (primary N) is 2. The predicted molar refractivity (Wildman–Crippen MR) is 189 cm³/mol. The zero-order valence-corrected chi connectivity index (χ0v) is 28.1. The molecule has 270 valence electrons. The summed E-state index contributed by atoms with van der Waals surface area (Å²) >= 11 is 0. The highest BCUT2D eigenvalue weighted by molar-refractivity contribution is 7.86. The number of non-ortho nitro benzene ring substituents is 1. The summed E-state index contributed by atoms with van der Waals surface area (Å²) in [5.74, 6) is 0. The average molecular weight is 762 g/mol. The molecule has 0 fully saturated rings. The Kier molecular flexibility index (Phi) is 10.5. The van der Waals surface area contributed by atoms with Crippen molar-refractivity contribution in [1.29, 1.82) is 0 Å². The summed E-state index contributed by atoms with van der Waals surface area (Å²) < 4.78 is 66.1. The third kappa shape index (κ3) is 9.18. The lowest BCUT2D eigenvalue weighted by molar-refractivity contribution is -0.384. The fourth-order valence-electron chi connectivity index (χ4n) is 4.24. The fraction of sp³-hybridized carbons (Fsp3) is 0. The first-order chi connectivity index (χ1) is 25.0. The molecule has 0 aliphatic rings. The zero-order chi connectivity index (χ0) is 38.5. The van der Waals surface area contributed by atoms with Crippen molar-refractivity contribution in [1.82, 2.24) is 0 Å². The van der Waals surface area contributed by atoms with E-state index in [4.69, 9.17) is 11.5 Å². The molecule has 0 aliphatic heterocycles. The van der Waals surface area contributed by atoms with Crippen LogP contribution in [0.2, 0.25) is 0 Å². The van der Waals surface area contributed by atoms with Gasteiger partial charge in [0.15, 0.2) is 5.36 Å². The summed E-state index contributed by atoms with van der Waals surface area (Å²) in [4.78, 5) is 34.7. The van der Waals surface area contributed by atoms with E-state index in [0.717, 1.165) is 42.5 Å². The van der Waals surface area contributed by atoms with Gasteiger partial charge in [-0.15, -0.1) is 10.2 Å². The van der Waals surface area contributed by atoms with Crippen LogP contribution in [0, 0.1) is 10.1 Å². The van der Waals surface area contributed by atoms with Crippen molar-refractivity contribution < 1.29 is 30.9 Å². The molecule has 53 heavy (non-hydrogen) atoms. The molecular weight excluding hydrogens is 739 g/mol. The molecule has 0 amide bonds. The minimum atomic E-state index is -4.88. The standard InChI is InChI=1S/C30H23N11O10S2/c31-21-14-22(32)25(15-24(21)37-34-17-2-1-3-20(12-17)52(46,47)48)38-35-18-6-11-28(53(49,50)51)26(13-18)39-40-29-27(42)10-9-23(30(29)43)36-33-16-4-7-19(8-5-16)41(44)45/h1-15,33,39H,31-32H2,(H,46,47,48)(H,49,50,51)/b36-23+,37-34?,38-35?,40-29+. The highest BCUT2D eigenvalue weighted by Gasteiger charge is 2.17. The normalized spacial score (nSPS) is 12.8. The number of nitrogens with zero attached hydrogens (tertiary/aromatic N) is 7. The molecule has 0 radical (unpaired) electrons. The van der Waals surface area contributed by atoms with Crippen LogP contribution in [-0.4, -0.2) is 30.9 Å². The molecule has 8 N–H and O–H groups in total. The monoisotopic (exact) mass is 761 g/mol. The molecule has 0 bridgehead atoms. The van der Waals surface area contributed by atoms with Gasteiger partial charge in [0.25, 0.3) is 25.9 Å². The topological polar surface area (TPSA) is 336 Å². The summed E-state index contributed by atoms with van der Waals surface area (Å²) in [5.41, 5.74) is 14.9. The molecular formula is C30H23N11O10S2.